The zero-order chi connectivity index (χ0) is 14.8. The van der Waals surface area contributed by atoms with Crippen LogP contribution in [0.1, 0.15) is 12.8 Å². The lowest BCUT2D eigenvalue weighted by atomic mass is 9.82. The van der Waals surface area contributed by atoms with E-state index in [9.17, 15) is 14.7 Å². The molecule has 1 heterocycles. The van der Waals surface area contributed by atoms with Gasteiger partial charge in [0.15, 0.2) is 0 Å². The summed E-state index contributed by atoms with van der Waals surface area (Å²) in [5, 5.41) is 12.0. The number of carboxylic acid groups (broad SMARTS) is 1. The molecule has 1 amide bonds. The molecule has 2 atom stereocenters. The van der Waals surface area contributed by atoms with Gasteiger partial charge in [0.1, 0.15) is 0 Å². The number of hydrogen-bond acceptors (Lipinski definition) is 4. The van der Waals surface area contributed by atoms with Crippen LogP contribution in [0.25, 0.3) is 10.2 Å². The molecule has 1 aromatic heterocycles. The van der Waals surface area contributed by atoms with E-state index in [4.69, 9.17) is 0 Å². The number of nitrogens with one attached hydrogen (secondary N) is 1. The minimum atomic E-state index is -0.919. The molecule has 0 radical (unpaired) electrons. The summed E-state index contributed by atoms with van der Waals surface area (Å²) < 4.78 is 0.992. The molecule has 0 saturated carbocycles. The number of nitrogens with zero attached hydrogens (tertiary/aromatic N) is 1. The molecular weight excluding hydrogens is 288 g/mol. The van der Waals surface area contributed by atoms with Crippen LogP contribution < -0.4 is 5.32 Å². The summed E-state index contributed by atoms with van der Waals surface area (Å²) in [6.07, 6.45) is 4.56. The zero-order valence-electron chi connectivity index (χ0n) is 11.2. The third kappa shape index (κ3) is 2.80. The van der Waals surface area contributed by atoms with Crippen LogP contribution in [0.2, 0.25) is 0 Å². The molecule has 0 bridgehead atoms. The van der Waals surface area contributed by atoms with E-state index in [1.165, 1.54) is 11.3 Å². The number of hydrogen-bond donors (Lipinski definition) is 2. The van der Waals surface area contributed by atoms with Crippen molar-refractivity contribution in [3.8, 4) is 0 Å². The lowest BCUT2D eigenvalue weighted by Gasteiger charge is -2.24. The summed E-state index contributed by atoms with van der Waals surface area (Å²) in [7, 11) is 0. The van der Waals surface area contributed by atoms with Crippen LogP contribution in [-0.4, -0.2) is 22.0 Å². The molecule has 0 aliphatic heterocycles. The van der Waals surface area contributed by atoms with Crippen LogP contribution in [0.15, 0.2) is 35.9 Å². The fourth-order valence-electron chi connectivity index (χ4n) is 2.54. The second kappa shape index (κ2) is 5.65. The molecule has 0 saturated heterocycles. The number of thiazole rings is 1. The van der Waals surface area contributed by atoms with Crippen molar-refractivity contribution in [1.29, 1.82) is 0 Å². The van der Waals surface area contributed by atoms with Gasteiger partial charge in [-0.1, -0.05) is 12.2 Å². The number of benzene rings is 1. The van der Waals surface area contributed by atoms with E-state index in [1.807, 2.05) is 24.3 Å². The van der Waals surface area contributed by atoms with Crippen LogP contribution >= 0.6 is 11.3 Å². The Balaban J connectivity index is 1.78. The molecule has 1 aliphatic rings. The Morgan fingerprint density at radius 1 is 1.24 bits per heavy atom. The number of carbonyl (C=O) groups excluding carboxylic acids is 1. The Morgan fingerprint density at radius 3 is 2.76 bits per heavy atom. The average molecular weight is 302 g/mol. The molecule has 1 aliphatic carbocycles. The number of fused-ring (bicyclic) bond motifs is 1. The molecule has 3 rings (SSSR count). The molecular formula is C15H14N2O3S. The van der Waals surface area contributed by atoms with Gasteiger partial charge >= 0.3 is 5.97 Å². The first kappa shape index (κ1) is 13.8. The highest BCUT2D eigenvalue weighted by molar-refractivity contribution is 7.16. The summed E-state index contributed by atoms with van der Waals surface area (Å²) in [6, 6.07) is 5.49. The maximum absolute atomic E-state index is 12.3. The van der Waals surface area contributed by atoms with Crippen LogP contribution in [0.3, 0.4) is 0 Å². The van der Waals surface area contributed by atoms with Gasteiger partial charge in [-0.25, -0.2) is 4.98 Å². The third-order valence-corrected chi connectivity index (χ3v) is 4.48. The molecule has 108 valence electrons. The van der Waals surface area contributed by atoms with Crippen molar-refractivity contribution in [3.63, 3.8) is 0 Å². The van der Waals surface area contributed by atoms with Gasteiger partial charge in [-0.05, 0) is 31.0 Å². The number of aliphatic carboxylic acids is 1. The summed E-state index contributed by atoms with van der Waals surface area (Å²) in [5.41, 5.74) is 3.32. The summed E-state index contributed by atoms with van der Waals surface area (Å²) in [4.78, 5) is 27.8. The van der Waals surface area contributed by atoms with E-state index in [0.29, 0.717) is 18.5 Å². The van der Waals surface area contributed by atoms with Gasteiger partial charge in [0.25, 0.3) is 0 Å². The van der Waals surface area contributed by atoms with E-state index in [2.05, 4.69) is 10.3 Å². The SMILES string of the molecule is O=C(O)[C@H]1CC=CC[C@H]1C(=O)Nc1ccc2ncsc2c1. The van der Waals surface area contributed by atoms with Crippen LogP contribution in [0.5, 0.6) is 0 Å². The lowest BCUT2D eigenvalue weighted by Crippen LogP contribution is -2.34. The van der Waals surface area contributed by atoms with E-state index >= 15 is 0 Å². The van der Waals surface area contributed by atoms with Crippen LogP contribution in [0.4, 0.5) is 5.69 Å². The Hall–Kier alpha value is -2.21. The summed E-state index contributed by atoms with van der Waals surface area (Å²) in [5.74, 6) is -2.33. The van der Waals surface area contributed by atoms with E-state index < -0.39 is 17.8 Å². The molecule has 0 spiro atoms. The number of anilines is 1. The second-order valence-corrected chi connectivity index (χ2v) is 5.90. The van der Waals surface area contributed by atoms with Gasteiger partial charge in [-0.2, -0.15) is 0 Å². The van der Waals surface area contributed by atoms with Crippen LogP contribution in [0, 0.1) is 11.8 Å². The highest BCUT2D eigenvalue weighted by Crippen LogP contribution is 2.28. The number of aromatic nitrogens is 1. The smallest absolute Gasteiger partial charge is 0.307 e. The number of carbonyl (C=O) groups is 2. The van der Waals surface area contributed by atoms with Crippen molar-refractivity contribution in [2.45, 2.75) is 12.8 Å². The van der Waals surface area contributed by atoms with Gasteiger partial charge in [0.2, 0.25) is 5.91 Å². The van der Waals surface area contributed by atoms with E-state index in [-0.39, 0.29) is 5.91 Å². The fraction of sp³-hybridized carbons (Fsp3) is 0.267. The van der Waals surface area contributed by atoms with Gasteiger partial charge < -0.3 is 10.4 Å². The first-order valence-corrected chi connectivity index (χ1v) is 7.55. The monoisotopic (exact) mass is 302 g/mol. The topological polar surface area (TPSA) is 79.3 Å². The first-order chi connectivity index (χ1) is 10.1. The van der Waals surface area contributed by atoms with Crippen molar-refractivity contribution in [2.24, 2.45) is 11.8 Å². The Kier molecular flexibility index (Phi) is 3.70. The van der Waals surface area contributed by atoms with Crippen molar-refractivity contribution in [2.75, 3.05) is 5.32 Å². The number of allylic oxidation sites excluding steroid dienone is 2. The van der Waals surface area contributed by atoms with Gasteiger partial charge in [0.05, 0.1) is 27.6 Å². The molecule has 0 fully saturated rings. The van der Waals surface area contributed by atoms with Crippen molar-refractivity contribution < 1.29 is 14.7 Å². The van der Waals surface area contributed by atoms with Gasteiger partial charge in [-0.15, -0.1) is 11.3 Å². The quantitative estimate of drug-likeness (QED) is 0.854. The minimum absolute atomic E-state index is 0.240. The predicted octanol–water partition coefficient (Wildman–Crippen LogP) is 2.90. The molecule has 2 N–H and O–H groups in total. The highest BCUT2D eigenvalue weighted by Gasteiger charge is 2.33. The lowest BCUT2D eigenvalue weighted by molar-refractivity contribution is -0.146. The Bertz CT molecular complexity index is 723. The van der Waals surface area contributed by atoms with Crippen molar-refractivity contribution in [3.05, 3.63) is 35.9 Å². The second-order valence-electron chi connectivity index (χ2n) is 5.02. The van der Waals surface area contributed by atoms with Gasteiger partial charge in [-0.3, -0.25) is 9.59 Å². The standard InChI is InChI=1S/C15H14N2O3S/c18-14(10-3-1-2-4-11(10)15(19)20)17-9-5-6-12-13(7-9)21-8-16-12/h1-2,5-8,10-11H,3-4H2,(H,17,18)(H,19,20)/t10-,11+/m1/s1. The number of carboxylic acids is 1. The predicted molar refractivity (Wildman–Crippen MR) is 81.2 cm³/mol. The molecule has 21 heavy (non-hydrogen) atoms. The number of amides is 1. The number of rotatable bonds is 3. The summed E-state index contributed by atoms with van der Waals surface area (Å²) >= 11 is 1.50. The van der Waals surface area contributed by atoms with Crippen molar-refractivity contribution >= 4 is 39.1 Å². The largest absolute Gasteiger partial charge is 0.481 e. The Labute approximate surface area is 125 Å². The zero-order valence-corrected chi connectivity index (χ0v) is 12.0. The normalized spacial score (nSPS) is 21.3. The maximum Gasteiger partial charge on any atom is 0.307 e. The minimum Gasteiger partial charge on any atom is -0.481 e. The molecule has 6 heteroatoms. The molecule has 1 aromatic carbocycles. The highest BCUT2D eigenvalue weighted by atomic mass is 32.1. The fourth-order valence-corrected chi connectivity index (χ4v) is 3.26. The maximum atomic E-state index is 12.3. The molecule has 0 unspecified atom stereocenters. The summed E-state index contributed by atoms with van der Waals surface area (Å²) in [6.45, 7) is 0. The molecule has 2 aromatic rings. The third-order valence-electron chi connectivity index (χ3n) is 3.69. The first-order valence-electron chi connectivity index (χ1n) is 6.67. The van der Waals surface area contributed by atoms with Crippen LogP contribution in [-0.2, 0) is 9.59 Å². The molecule has 5 nitrogen and oxygen atoms in total. The average Bonchev–Trinajstić information content (AvgIpc) is 2.94. The van der Waals surface area contributed by atoms with Crippen molar-refractivity contribution in [1.82, 2.24) is 4.98 Å². The van der Waals surface area contributed by atoms with Gasteiger partial charge in [0, 0.05) is 5.69 Å². The van der Waals surface area contributed by atoms with E-state index in [1.54, 1.807) is 11.6 Å². The van der Waals surface area contributed by atoms with E-state index in [0.717, 1.165) is 10.2 Å². The Morgan fingerprint density at radius 2 is 2.00 bits per heavy atom.